The van der Waals surface area contributed by atoms with Crippen LogP contribution in [0.15, 0.2) is 30.3 Å². The van der Waals surface area contributed by atoms with Crippen LogP contribution in [0.1, 0.15) is 24.8 Å². The van der Waals surface area contributed by atoms with Gasteiger partial charge < -0.3 is 20.4 Å². The highest BCUT2D eigenvalue weighted by Gasteiger charge is 2.38. The number of carbonyl (C=O) groups is 3. The summed E-state index contributed by atoms with van der Waals surface area (Å²) < 4.78 is 0. The van der Waals surface area contributed by atoms with E-state index < -0.39 is 18.1 Å². The van der Waals surface area contributed by atoms with Crippen LogP contribution in [0.25, 0.3) is 0 Å². The van der Waals surface area contributed by atoms with E-state index >= 15 is 0 Å². The Morgan fingerprint density at radius 1 is 1.11 bits per heavy atom. The summed E-state index contributed by atoms with van der Waals surface area (Å²) in [5, 5.41) is 32.9. The Hall–Kier alpha value is -2.49. The molecule has 3 atom stereocenters. The molecule has 0 bridgehead atoms. The Morgan fingerprint density at radius 3 is 2.29 bits per heavy atom. The zero-order chi connectivity index (χ0) is 20.9. The molecule has 0 aliphatic carbocycles. The van der Waals surface area contributed by atoms with Crippen molar-refractivity contribution in [3.8, 4) is 0 Å². The van der Waals surface area contributed by atoms with Crippen molar-refractivity contribution in [2.45, 2.75) is 44.0 Å². The zero-order valence-corrected chi connectivity index (χ0v) is 15.6. The van der Waals surface area contributed by atoms with Gasteiger partial charge in [-0.1, -0.05) is 30.3 Å². The summed E-state index contributed by atoms with van der Waals surface area (Å²) in [5.74, 6) is -0.816. The fourth-order valence-corrected chi connectivity index (χ4v) is 3.74. The van der Waals surface area contributed by atoms with Crippen molar-refractivity contribution in [3.63, 3.8) is 0 Å². The maximum absolute atomic E-state index is 11.3. The molecule has 0 aromatic heterocycles. The minimum Gasteiger partial charge on any atom is -0.483 e. The topological polar surface area (TPSA) is 139 Å². The van der Waals surface area contributed by atoms with Gasteiger partial charge in [0, 0.05) is 32.1 Å². The maximum atomic E-state index is 11.3. The number of likely N-dealkylation sites (tertiary alicyclic amines) is 2. The van der Waals surface area contributed by atoms with Crippen molar-refractivity contribution in [2.24, 2.45) is 0 Å². The monoisotopic (exact) mass is 396 g/mol. The number of carboxylic acid groups (broad SMARTS) is 3. The third-order valence-electron chi connectivity index (χ3n) is 4.84. The van der Waals surface area contributed by atoms with Crippen LogP contribution in [0.3, 0.4) is 0 Å². The Balaban J connectivity index is 0.000000582. The number of β-amino-alcohol motifs (C(OH)–C–C–N with tert-alkyl or cyclic N) is 1. The molecule has 0 spiro atoms. The van der Waals surface area contributed by atoms with Crippen molar-refractivity contribution < 1.29 is 34.8 Å². The fraction of sp³-hybridized carbons (Fsp3) is 0.526. The molecular formula is C19H28N2O7. The third-order valence-corrected chi connectivity index (χ3v) is 4.84. The Kier molecular flexibility index (Phi) is 10.8. The summed E-state index contributed by atoms with van der Waals surface area (Å²) in [6.07, 6.45) is 2.10. The molecule has 2 fully saturated rings. The average Bonchev–Trinajstić information content (AvgIpc) is 3.24. The molecule has 0 radical (unpaired) electrons. The smallest absolute Gasteiger partial charge is 0.321 e. The second-order valence-electron chi connectivity index (χ2n) is 6.66. The molecule has 2 heterocycles. The van der Waals surface area contributed by atoms with Gasteiger partial charge in [-0.05, 0) is 24.9 Å². The van der Waals surface area contributed by atoms with E-state index in [9.17, 15) is 15.0 Å². The van der Waals surface area contributed by atoms with E-state index in [1.165, 1.54) is 5.56 Å². The van der Waals surface area contributed by atoms with Crippen LogP contribution in [-0.2, 0) is 20.9 Å². The molecular weight excluding hydrogens is 368 g/mol. The molecule has 1 aromatic rings. The van der Waals surface area contributed by atoms with E-state index in [1.54, 1.807) is 0 Å². The van der Waals surface area contributed by atoms with E-state index in [4.69, 9.17) is 19.8 Å². The van der Waals surface area contributed by atoms with Gasteiger partial charge in [0.05, 0.1) is 6.10 Å². The van der Waals surface area contributed by atoms with Crippen molar-refractivity contribution in [3.05, 3.63) is 35.9 Å². The number of aliphatic hydroxyl groups is 1. The van der Waals surface area contributed by atoms with Crippen LogP contribution in [0.5, 0.6) is 0 Å². The van der Waals surface area contributed by atoms with Crippen LogP contribution >= 0.6 is 0 Å². The number of aliphatic hydroxyl groups excluding tert-OH is 1. The maximum Gasteiger partial charge on any atom is 0.321 e. The minimum absolute atomic E-state index is 0.250. The summed E-state index contributed by atoms with van der Waals surface area (Å²) >= 11 is 0. The van der Waals surface area contributed by atoms with Crippen LogP contribution < -0.4 is 0 Å². The SMILES string of the molecule is O=C(O)[C@@H]1C[C@@H](O)CN1C[C@H]1CCCN1Cc1ccccc1.O=CO.O=CO. The van der Waals surface area contributed by atoms with E-state index in [1.807, 2.05) is 11.0 Å². The number of hydrogen-bond acceptors (Lipinski definition) is 6. The molecule has 3 rings (SSSR count). The molecule has 2 aliphatic rings. The lowest BCUT2D eigenvalue weighted by atomic mass is 10.1. The van der Waals surface area contributed by atoms with Crippen LogP contribution in [-0.4, -0.2) is 87.0 Å². The Labute approximate surface area is 163 Å². The number of hydrogen-bond donors (Lipinski definition) is 4. The van der Waals surface area contributed by atoms with Gasteiger partial charge in [0.2, 0.25) is 0 Å². The summed E-state index contributed by atoms with van der Waals surface area (Å²) in [5.41, 5.74) is 1.30. The first-order valence-corrected chi connectivity index (χ1v) is 9.05. The van der Waals surface area contributed by atoms with Gasteiger partial charge in [0.1, 0.15) is 6.04 Å². The van der Waals surface area contributed by atoms with Gasteiger partial charge >= 0.3 is 5.97 Å². The van der Waals surface area contributed by atoms with Gasteiger partial charge in [-0.2, -0.15) is 0 Å². The molecule has 156 valence electrons. The Morgan fingerprint density at radius 2 is 1.71 bits per heavy atom. The predicted molar refractivity (Wildman–Crippen MR) is 101 cm³/mol. The quantitative estimate of drug-likeness (QED) is 0.526. The molecule has 28 heavy (non-hydrogen) atoms. The largest absolute Gasteiger partial charge is 0.483 e. The molecule has 0 saturated carbocycles. The highest BCUT2D eigenvalue weighted by Crippen LogP contribution is 2.25. The summed E-state index contributed by atoms with van der Waals surface area (Å²) in [6, 6.07) is 10.2. The van der Waals surface area contributed by atoms with Gasteiger partial charge in [-0.15, -0.1) is 0 Å². The van der Waals surface area contributed by atoms with E-state index in [2.05, 4.69) is 29.2 Å². The lowest BCUT2D eigenvalue weighted by Crippen LogP contribution is -2.44. The van der Waals surface area contributed by atoms with Crippen LogP contribution in [0.2, 0.25) is 0 Å². The van der Waals surface area contributed by atoms with Crippen molar-refractivity contribution >= 4 is 18.9 Å². The summed E-state index contributed by atoms with van der Waals surface area (Å²) in [4.78, 5) is 32.4. The minimum atomic E-state index is -0.816. The second-order valence-corrected chi connectivity index (χ2v) is 6.66. The average molecular weight is 396 g/mol. The summed E-state index contributed by atoms with van der Waals surface area (Å²) in [6.45, 7) is 2.70. The van der Waals surface area contributed by atoms with Gasteiger partial charge in [-0.25, -0.2) is 0 Å². The standard InChI is InChI=1S/C17H24N2O3.2CH2O2/c20-15-9-16(17(21)22)19(12-15)11-14-7-4-8-18(14)10-13-5-2-1-3-6-13;2*2-1-3/h1-3,5-6,14-16,20H,4,7-12H2,(H,21,22);2*1H,(H,2,3)/t14-,15-,16+;;/m1../s1. The molecule has 9 heteroatoms. The zero-order valence-electron chi connectivity index (χ0n) is 15.6. The fourth-order valence-electron chi connectivity index (χ4n) is 3.74. The van der Waals surface area contributed by atoms with Crippen LogP contribution in [0.4, 0.5) is 0 Å². The lowest BCUT2D eigenvalue weighted by Gasteiger charge is -2.30. The number of aliphatic carboxylic acids is 1. The lowest BCUT2D eigenvalue weighted by molar-refractivity contribution is -0.142. The van der Waals surface area contributed by atoms with Gasteiger partial charge in [0.15, 0.2) is 0 Å². The second kappa shape index (κ2) is 12.8. The Bertz CT molecular complexity index is 593. The molecule has 9 nitrogen and oxygen atoms in total. The first-order chi connectivity index (χ1) is 13.5. The highest BCUT2D eigenvalue weighted by atomic mass is 16.4. The first-order valence-electron chi connectivity index (χ1n) is 9.05. The number of rotatable bonds is 5. The molecule has 4 N–H and O–H groups in total. The highest BCUT2D eigenvalue weighted by molar-refractivity contribution is 5.74. The normalized spacial score (nSPS) is 24.4. The number of nitrogens with zero attached hydrogens (tertiary/aromatic N) is 2. The summed E-state index contributed by atoms with van der Waals surface area (Å²) in [7, 11) is 0. The van der Waals surface area contributed by atoms with Crippen molar-refractivity contribution in [1.82, 2.24) is 9.80 Å². The molecule has 0 amide bonds. The molecule has 1 aromatic carbocycles. The molecule has 2 saturated heterocycles. The van der Waals surface area contributed by atoms with Gasteiger partial charge in [-0.3, -0.25) is 24.2 Å². The third kappa shape index (κ3) is 7.63. The first kappa shape index (κ1) is 23.5. The van der Waals surface area contributed by atoms with E-state index in [0.717, 1.165) is 32.5 Å². The predicted octanol–water partition coefficient (Wildman–Crippen LogP) is 0.572. The molecule has 0 unspecified atom stereocenters. The van der Waals surface area contributed by atoms with Crippen LogP contribution in [0, 0.1) is 0 Å². The van der Waals surface area contributed by atoms with Crippen molar-refractivity contribution in [2.75, 3.05) is 19.6 Å². The number of carboxylic acids is 1. The van der Waals surface area contributed by atoms with Gasteiger partial charge in [0.25, 0.3) is 12.9 Å². The van der Waals surface area contributed by atoms with E-state index in [0.29, 0.717) is 19.0 Å². The van der Waals surface area contributed by atoms with Crippen molar-refractivity contribution in [1.29, 1.82) is 0 Å². The van der Waals surface area contributed by atoms with E-state index in [-0.39, 0.29) is 12.9 Å². The molecule has 2 aliphatic heterocycles. The number of benzene rings is 1.